The zero-order chi connectivity index (χ0) is 24.5. The van der Waals surface area contributed by atoms with Gasteiger partial charge in [0.05, 0.1) is 12.6 Å². The summed E-state index contributed by atoms with van der Waals surface area (Å²) in [6, 6.07) is 25.4. The van der Waals surface area contributed by atoms with Crippen LogP contribution < -0.4 is 9.64 Å². The van der Waals surface area contributed by atoms with Crippen LogP contribution in [-0.2, 0) is 0 Å². The van der Waals surface area contributed by atoms with Crippen LogP contribution in [-0.4, -0.2) is 63.7 Å². The topological polar surface area (TPSA) is 75.9 Å². The number of hydrogen-bond acceptors (Lipinski definition) is 6. The van der Waals surface area contributed by atoms with E-state index in [1.165, 1.54) is 0 Å². The lowest BCUT2D eigenvalue weighted by atomic mass is 10.2. The van der Waals surface area contributed by atoms with E-state index in [1.807, 2.05) is 83.8 Å². The summed E-state index contributed by atoms with van der Waals surface area (Å²) in [5, 5.41) is 10.1. The molecule has 180 valence electrons. The van der Waals surface area contributed by atoms with Crippen molar-refractivity contribution >= 4 is 28.4 Å². The fraction of sp³-hybridized carbons (Fsp3) is 0.214. The first-order valence-electron chi connectivity index (χ1n) is 12.1. The Morgan fingerprint density at radius 2 is 1.61 bits per heavy atom. The molecule has 5 aromatic rings. The lowest BCUT2D eigenvalue weighted by molar-refractivity contribution is 0.0767. The van der Waals surface area contributed by atoms with Gasteiger partial charge in [-0.15, -0.1) is 10.2 Å². The van der Waals surface area contributed by atoms with Crippen LogP contribution in [0.4, 0.5) is 5.95 Å². The second-order valence-electron chi connectivity index (χ2n) is 8.84. The third-order valence-corrected chi connectivity index (χ3v) is 6.66. The van der Waals surface area contributed by atoms with E-state index in [-0.39, 0.29) is 5.91 Å². The van der Waals surface area contributed by atoms with Crippen LogP contribution in [0.5, 0.6) is 5.75 Å². The van der Waals surface area contributed by atoms with Gasteiger partial charge in [-0.1, -0.05) is 42.5 Å². The summed E-state index contributed by atoms with van der Waals surface area (Å²) >= 11 is 0. The fourth-order valence-corrected chi connectivity index (χ4v) is 4.79. The lowest BCUT2D eigenvalue weighted by Crippen LogP contribution is -2.36. The molecule has 8 heteroatoms. The monoisotopic (exact) mass is 478 g/mol. The van der Waals surface area contributed by atoms with E-state index >= 15 is 0 Å². The molecule has 0 bridgehead atoms. The van der Waals surface area contributed by atoms with Gasteiger partial charge in [0.25, 0.3) is 5.91 Å². The van der Waals surface area contributed by atoms with Gasteiger partial charge in [0, 0.05) is 42.7 Å². The van der Waals surface area contributed by atoms with Crippen molar-refractivity contribution in [2.45, 2.75) is 6.42 Å². The summed E-state index contributed by atoms with van der Waals surface area (Å²) in [7, 11) is 1.62. The van der Waals surface area contributed by atoms with Crippen molar-refractivity contribution in [3.63, 3.8) is 0 Å². The number of aromatic nitrogens is 4. The molecule has 3 aromatic carbocycles. The molecule has 1 aliphatic rings. The van der Waals surface area contributed by atoms with Gasteiger partial charge >= 0.3 is 0 Å². The van der Waals surface area contributed by atoms with Gasteiger partial charge in [-0.3, -0.25) is 4.79 Å². The van der Waals surface area contributed by atoms with Crippen molar-refractivity contribution in [2.24, 2.45) is 0 Å². The van der Waals surface area contributed by atoms with E-state index in [2.05, 4.69) is 19.5 Å². The van der Waals surface area contributed by atoms with Crippen LogP contribution in [0.1, 0.15) is 16.8 Å². The Kier molecular flexibility index (Phi) is 5.69. The molecule has 2 aromatic heterocycles. The molecule has 1 fully saturated rings. The Labute approximate surface area is 208 Å². The van der Waals surface area contributed by atoms with Crippen LogP contribution >= 0.6 is 0 Å². The maximum Gasteiger partial charge on any atom is 0.253 e. The summed E-state index contributed by atoms with van der Waals surface area (Å²) in [5.41, 5.74) is 3.31. The van der Waals surface area contributed by atoms with Crippen LogP contribution in [0.3, 0.4) is 0 Å². The van der Waals surface area contributed by atoms with Gasteiger partial charge in [0.2, 0.25) is 5.95 Å². The van der Waals surface area contributed by atoms with Gasteiger partial charge < -0.3 is 14.5 Å². The SMILES string of the molecule is COc1ccc(C(=O)N2CCCN(c3nc4ccccc4c4nnc(-c5ccccc5)n34)CC2)cc1. The summed E-state index contributed by atoms with van der Waals surface area (Å²) in [6.07, 6.45) is 0.834. The average Bonchev–Trinajstić information content (AvgIpc) is 3.24. The normalized spacial score (nSPS) is 14.2. The maximum atomic E-state index is 13.2. The molecule has 1 amide bonds. The number of methoxy groups -OCH3 is 1. The van der Waals surface area contributed by atoms with Gasteiger partial charge in [0.15, 0.2) is 11.5 Å². The fourth-order valence-electron chi connectivity index (χ4n) is 4.79. The van der Waals surface area contributed by atoms with E-state index in [0.717, 1.165) is 52.6 Å². The molecule has 0 atom stereocenters. The number of para-hydroxylation sites is 1. The second-order valence-corrected chi connectivity index (χ2v) is 8.84. The number of hydrogen-bond donors (Lipinski definition) is 0. The molecule has 0 N–H and O–H groups in total. The smallest absolute Gasteiger partial charge is 0.253 e. The lowest BCUT2D eigenvalue weighted by Gasteiger charge is -2.24. The van der Waals surface area contributed by atoms with Crippen LogP contribution in [0, 0.1) is 0 Å². The highest BCUT2D eigenvalue weighted by Crippen LogP contribution is 2.29. The van der Waals surface area contributed by atoms with E-state index in [0.29, 0.717) is 25.2 Å². The molecule has 3 heterocycles. The second kappa shape index (κ2) is 9.30. The minimum absolute atomic E-state index is 0.0328. The largest absolute Gasteiger partial charge is 0.497 e. The zero-order valence-electron chi connectivity index (χ0n) is 20.0. The van der Waals surface area contributed by atoms with Gasteiger partial charge in [-0.25, -0.2) is 9.38 Å². The van der Waals surface area contributed by atoms with Crippen LogP contribution in [0.25, 0.3) is 27.9 Å². The van der Waals surface area contributed by atoms with Crippen molar-refractivity contribution in [1.82, 2.24) is 24.5 Å². The number of anilines is 1. The first-order chi connectivity index (χ1) is 17.7. The molecular weight excluding hydrogens is 452 g/mol. The highest BCUT2D eigenvalue weighted by molar-refractivity contribution is 5.95. The molecule has 1 aliphatic heterocycles. The number of fused-ring (bicyclic) bond motifs is 3. The maximum absolute atomic E-state index is 13.2. The van der Waals surface area contributed by atoms with Crippen molar-refractivity contribution in [3.8, 4) is 17.1 Å². The van der Waals surface area contributed by atoms with Crippen LogP contribution in [0.15, 0.2) is 78.9 Å². The quantitative estimate of drug-likeness (QED) is 0.383. The third kappa shape index (κ3) is 3.90. The summed E-state index contributed by atoms with van der Waals surface area (Å²) in [5.74, 6) is 2.33. The Bertz CT molecular complexity index is 1530. The van der Waals surface area contributed by atoms with E-state index in [1.54, 1.807) is 7.11 Å². The van der Waals surface area contributed by atoms with Crippen molar-refractivity contribution < 1.29 is 9.53 Å². The zero-order valence-corrected chi connectivity index (χ0v) is 20.0. The average molecular weight is 479 g/mol. The van der Waals surface area contributed by atoms with E-state index in [9.17, 15) is 4.79 Å². The molecule has 0 unspecified atom stereocenters. The van der Waals surface area contributed by atoms with Gasteiger partial charge in [0.1, 0.15) is 5.75 Å². The predicted octanol–water partition coefficient (Wildman–Crippen LogP) is 4.31. The first-order valence-corrected chi connectivity index (χ1v) is 12.1. The Balaban J connectivity index is 1.36. The van der Waals surface area contributed by atoms with Crippen molar-refractivity contribution in [3.05, 3.63) is 84.4 Å². The first kappa shape index (κ1) is 22.0. The molecular formula is C28H26N6O2. The number of nitrogens with zero attached hydrogens (tertiary/aromatic N) is 6. The highest BCUT2D eigenvalue weighted by atomic mass is 16.5. The number of carbonyl (C=O) groups excluding carboxylic acids is 1. The number of rotatable bonds is 4. The Hall–Kier alpha value is -4.46. The molecule has 6 rings (SSSR count). The summed E-state index contributed by atoms with van der Waals surface area (Å²) in [4.78, 5) is 22.4. The van der Waals surface area contributed by atoms with Gasteiger partial charge in [-0.05, 0) is 42.8 Å². The predicted molar refractivity (Wildman–Crippen MR) is 139 cm³/mol. The van der Waals surface area contributed by atoms with E-state index in [4.69, 9.17) is 9.72 Å². The molecule has 0 saturated carbocycles. The molecule has 0 aliphatic carbocycles. The van der Waals surface area contributed by atoms with E-state index < -0.39 is 0 Å². The number of amides is 1. The van der Waals surface area contributed by atoms with Gasteiger partial charge in [-0.2, -0.15) is 0 Å². The molecule has 0 spiro atoms. The standard InChI is InChI=1S/C28H26N6O2/c1-36-22-14-12-21(13-15-22)27(35)32-16-7-17-33(19-18-32)28-29-24-11-6-5-10-23(24)26-31-30-25(34(26)28)20-8-3-2-4-9-20/h2-6,8-15H,7,16-19H2,1H3. The number of carbonyl (C=O) groups is 1. The van der Waals surface area contributed by atoms with Crippen molar-refractivity contribution in [2.75, 3.05) is 38.2 Å². The minimum atomic E-state index is 0.0328. The van der Waals surface area contributed by atoms with Crippen molar-refractivity contribution in [1.29, 1.82) is 0 Å². The Morgan fingerprint density at radius 3 is 2.42 bits per heavy atom. The molecule has 0 radical (unpaired) electrons. The molecule has 1 saturated heterocycles. The Morgan fingerprint density at radius 1 is 0.833 bits per heavy atom. The minimum Gasteiger partial charge on any atom is -0.497 e. The highest BCUT2D eigenvalue weighted by Gasteiger charge is 2.25. The molecule has 8 nitrogen and oxygen atoms in total. The molecule has 36 heavy (non-hydrogen) atoms. The number of ether oxygens (including phenoxy) is 1. The third-order valence-electron chi connectivity index (χ3n) is 6.66. The van der Waals surface area contributed by atoms with Crippen LogP contribution in [0.2, 0.25) is 0 Å². The summed E-state index contributed by atoms with van der Waals surface area (Å²) in [6.45, 7) is 2.73. The number of benzene rings is 3. The summed E-state index contributed by atoms with van der Waals surface area (Å²) < 4.78 is 7.28.